The summed E-state index contributed by atoms with van der Waals surface area (Å²) in [6.07, 6.45) is -2.62. The summed E-state index contributed by atoms with van der Waals surface area (Å²) in [5, 5.41) is 34.4. The summed E-state index contributed by atoms with van der Waals surface area (Å²) < 4.78 is 7.17. The van der Waals surface area contributed by atoms with Gasteiger partial charge >= 0.3 is 5.65 Å². The molecule has 0 spiro atoms. The molecule has 4 atom stereocenters. The Kier molecular flexibility index (Phi) is 3.10. The van der Waals surface area contributed by atoms with Crippen molar-refractivity contribution in [2.75, 3.05) is 17.2 Å². The van der Waals surface area contributed by atoms with Crippen molar-refractivity contribution in [3.63, 3.8) is 0 Å². The summed E-state index contributed by atoms with van der Waals surface area (Å²) >= 11 is 0. The van der Waals surface area contributed by atoms with Crippen molar-refractivity contribution in [3.8, 4) is 0 Å². The van der Waals surface area contributed by atoms with Crippen molar-refractivity contribution in [1.82, 2.24) is 15.1 Å². The van der Waals surface area contributed by atoms with Gasteiger partial charge in [0.25, 0.3) is 0 Å². The molecule has 2 aliphatic rings. The van der Waals surface area contributed by atoms with E-state index in [1.165, 1.54) is 6.33 Å². The summed E-state index contributed by atoms with van der Waals surface area (Å²) in [4.78, 5) is 10.2. The summed E-state index contributed by atoms with van der Waals surface area (Å²) in [5.74, 6) is 0.912. The number of aromatic nitrogens is 4. The molecule has 23 heavy (non-hydrogen) atoms. The maximum Gasteiger partial charge on any atom is 0.356 e. The quantitative estimate of drug-likeness (QED) is 0.431. The molecule has 10 heteroatoms. The summed E-state index contributed by atoms with van der Waals surface area (Å²) in [5.41, 5.74) is 7.38. The molecular formula is C13H17N6O4+. The molecule has 0 amide bonds. The van der Waals surface area contributed by atoms with Gasteiger partial charge in [0.05, 0.1) is 13.2 Å². The van der Waals surface area contributed by atoms with Crippen molar-refractivity contribution in [2.24, 2.45) is 7.05 Å². The first-order valence-corrected chi connectivity index (χ1v) is 7.21. The lowest BCUT2D eigenvalue weighted by Gasteiger charge is -2.27. The zero-order valence-corrected chi connectivity index (χ0v) is 12.4. The van der Waals surface area contributed by atoms with Gasteiger partial charge in [0.1, 0.15) is 30.7 Å². The van der Waals surface area contributed by atoms with E-state index < -0.39 is 24.5 Å². The minimum Gasteiger partial charge on any atom is -0.394 e. The van der Waals surface area contributed by atoms with Gasteiger partial charge in [-0.25, -0.2) is 0 Å². The Bertz CT molecular complexity index is 787. The Balaban J connectivity index is 1.81. The van der Waals surface area contributed by atoms with Crippen molar-refractivity contribution in [3.05, 3.63) is 11.9 Å². The molecule has 2 aromatic rings. The predicted molar refractivity (Wildman–Crippen MR) is 76.9 cm³/mol. The van der Waals surface area contributed by atoms with Gasteiger partial charge in [-0.3, -0.25) is 0 Å². The number of nitrogens with zero attached hydrogens (tertiary/aromatic N) is 5. The standard InChI is InChI=1S/C13H17N6O4/c1-18-11-7-5(10(14)17-18)2-19(12(7)16-4-15-11)13-9(22)8(21)6(3-20)23-13/h4,6,8-9,13,20-22H,2-3H2,1H3,(H2,14,17)/q+1/t6-,8-,9-,13-/m1/s1. The highest BCUT2D eigenvalue weighted by atomic mass is 16.6. The van der Waals surface area contributed by atoms with E-state index in [2.05, 4.69) is 15.1 Å². The van der Waals surface area contributed by atoms with Crippen LogP contribution in [0.4, 0.5) is 11.6 Å². The van der Waals surface area contributed by atoms with Crippen molar-refractivity contribution in [2.45, 2.75) is 31.1 Å². The number of aliphatic hydroxyl groups is 3. The number of nitrogens with two attached hydrogens (primary N) is 1. The Morgan fingerprint density at radius 1 is 1.39 bits per heavy atom. The number of hydrogen-bond donors (Lipinski definition) is 4. The number of hydrogen-bond acceptors (Lipinski definition) is 9. The lowest BCUT2D eigenvalue weighted by Crippen LogP contribution is -2.43. The first-order chi connectivity index (χ1) is 11.0. The molecule has 2 aromatic heterocycles. The van der Waals surface area contributed by atoms with Crippen LogP contribution in [0.15, 0.2) is 6.33 Å². The normalized spacial score (nSPS) is 29.7. The largest absolute Gasteiger partial charge is 0.394 e. The molecule has 0 unspecified atom stereocenters. The monoisotopic (exact) mass is 321 g/mol. The van der Waals surface area contributed by atoms with Gasteiger partial charge in [0.15, 0.2) is 17.9 Å². The van der Waals surface area contributed by atoms with Crippen LogP contribution in [0.25, 0.3) is 11.0 Å². The zero-order chi connectivity index (χ0) is 16.3. The lowest BCUT2D eigenvalue weighted by atomic mass is 10.1. The molecule has 2 aliphatic heterocycles. The number of aliphatic hydroxyl groups excluding tert-OH is 3. The zero-order valence-electron chi connectivity index (χ0n) is 12.4. The first-order valence-electron chi connectivity index (χ1n) is 7.21. The smallest absolute Gasteiger partial charge is 0.356 e. The third kappa shape index (κ3) is 1.89. The van der Waals surface area contributed by atoms with Gasteiger partial charge in [-0.05, 0) is 4.98 Å². The summed E-state index contributed by atoms with van der Waals surface area (Å²) in [7, 11) is 1.74. The number of aryl methyl sites for hydroxylation is 1. The molecule has 0 saturated carbocycles. The highest BCUT2D eigenvalue weighted by Crippen LogP contribution is 2.39. The molecular weight excluding hydrogens is 304 g/mol. The minimum atomic E-state index is -1.17. The molecule has 4 heterocycles. The number of nitrogen functional groups attached to an aromatic ring is 1. The summed E-state index contributed by atoms with van der Waals surface area (Å²) in [6.45, 7) is -0.0514. The molecule has 0 aromatic carbocycles. The third-order valence-electron chi connectivity index (χ3n) is 4.41. The minimum absolute atomic E-state index is 0.330. The van der Waals surface area contributed by atoms with Crippen LogP contribution in [0.5, 0.6) is 0 Å². The van der Waals surface area contributed by atoms with Gasteiger partial charge in [-0.1, -0.05) is 5.10 Å². The molecule has 0 radical (unpaired) electrons. The second kappa shape index (κ2) is 4.93. The van der Waals surface area contributed by atoms with Crippen LogP contribution in [-0.2, 0) is 18.3 Å². The van der Waals surface area contributed by atoms with Crippen molar-refractivity contribution >= 4 is 22.7 Å². The molecule has 1 saturated heterocycles. The number of rotatable bonds is 2. The van der Waals surface area contributed by atoms with Crippen molar-refractivity contribution < 1.29 is 24.7 Å². The second-order valence-electron chi connectivity index (χ2n) is 5.74. The molecule has 0 bridgehead atoms. The van der Waals surface area contributed by atoms with Crippen LogP contribution in [0, 0.1) is 0 Å². The van der Waals surface area contributed by atoms with Crippen LogP contribution < -0.4 is 15.3 Å². The van der Waals surface area contributed by atoms with E-state index in [1.807, 2.05) is 0 Å². The van der Waals surface area contributed by atoms with E-state index >= 15 is 0 Å². The Morgan fingerprint density at radius 2 is 2.17 bits per heavy atom. The SMILES string of the molecule is C[n+]1nc(N)c2c3c(ncnc31)N([C@@H]1O[C@H](CO)[C@@H](O)[C@H]1O)C2. The topological polar surface area (TPSA) is 142 Å². The van der Waals surface area contributed by atoms with Gasteiger partial charge in [-0.2, -0.15) is 4.98 Å². The molecule has 1 fully saturated rings. The number of anilines is 2. The van der Waals surface area contributed by atoms with Crippen LogP contribution in [0.3, 0.4) is 0 Å². The van der Waals surface area contributed by atoms with E-state index in [0.717, 1.165) is 10.9 Å². The molecule has 0 aliphatic carbocycles. The molecule has 122 valence electrons. The van der Waals surface area contributed by atoms with Crippen molar-refractivity contribution in [1.29, 1.82) is 0 Å². The maximum atomic E-state index is 10.3. The van der Waals surface area contributed by atoms with E-state index in [-0.39, 0.29) is 6.61 Å². The van der Waals surface area contributed by atoms with Gasteiger partial charge in [0, 0.05) is 5.56 Å². The number of ether oxygens (including phenoxy) is 1. The fourth-order valence-electron chi connectivity index (χ4n) is 3.25. The predicted octanol–water partition coefficient (Wildman–Crippen LogP) is -2.81. The second-order valence-corrected chi connectivity index (χ2v) is 5.74. The van der Waals surface area contributed by atoms with E-state index in [1.54, 1.807) is 16.6 Å². The van der Waals surface area contributed by atoms with Crippen LogP contribution in [0.1, 0.15) is 5.56 Å². The highest BCUT2D eigenvalue weighted by molar-refractivity contribution is 5.94. The average Bonchev–Trinajstić information content (AvgIpc) is 3.05. The molecule has 10 nitrogen and oxygen atoms in total. The van der Waals surface area contributed by atoms with Gasteiger partial charge < -0.3 is 30.7 Å². The third-order valence-corrected chi connectivity index (χ3v) is 4.41. The first kappa shape index (κ1) is 14.5. The molecule has 5 N–H and O–H groups in total. The Hall–Kier alpha value is -2.14. The average molecular weight is 321 g/mol. The Labute approximate surface area is 130 Å². The fraction of sp³-hybridized carbons (Fsp3) is 0.538. The van der Waals surface area contributed by atoms with Gasteiger partial charge in [-0.15, -0.1) is 4.68 Å². The molecule has 4 rings (SSSR count). The lowest BCUT2D eigenvalue weighted by molar-refractivity contribution is -0.706. The fourth-order valence-corrected chi connectivity index (χ4v) is 3.25. The van der Waals surface area contributed by atoms with Gasteiger partial charge in [0.2, 0.25) is 6.33 Å². The van der Waals surface area contributed by atoms with Crippen LogP contribution in [0.2, 0.25) is 0 Å². The summed E-state index contributed by atoms with van der Waals surface area (Å²) in [6, 6.07) is 0. The van der Waals surface area contributed by atoms with E-state index in [0.29, 0.717) is 23.8 Å². The van der Waals surface area contributed by atoms with E-state index in [9.17, 15) is 15.3 Å². The van der Waals surface area contributed by atoms with Crippen LogP contribution in [-0.4, -0.2) is 61.5 Å². The Morgan fingerprint density at radius 3 is 2.87 bits per heavy atom. The highest BCUT2D eigenvalue weighted by Gasteiger charge is 2.48. The van der Waals surface area contributed by atoms with E-state index in [4.69, 9.17) is 10.5 Å². The maximum absolute atomic E-state index is 10.3. The van der Waals surface area contributed by atoms with Crippen LogP contribution >= 0.6 is 0 Å².